The van der Waals surface area contributed by atoms with Gasteiger partial charge in [0.15, 0.2) is 9.84 Å². The minimum Gasteiger partial charge on any atom is -0.493 e. The predicted molar refractivity (Wildman–Crippen MR) is 95.9 cm³/mol. The van der Waals surface area contributed by atoms with Gasteiger partial charge in [0.25, 0.3) is 0 Å². The highest BCUT2D eigenvalue weighted by Gasteiger charge is 2.49. The van der Waals surface area contributed by atoms with Gasteiger partial charge in [-0.3, -0.25) is 0 Å². The number of alkyl halides is 3. The molecular weight excluding hydrogens is 407 g/mol. The largest absolute Gasteiger partial charge is 0.493 e. The van der Waals surface area contributed by atoms with E-state index in [0.717, 1.165) is 12.1 Å². The fraction of sp³-hybridized carbons (Fsp3) is 0.625. The highest BCUT2D eigenvalue weighted by Crippen LogP contribution is 2.34. The molecule has 27 heavy (non-hydrogen) atoms. The topological polar surface area (TPSA) is 89.5 Å². The lowest BCUT2D eigenvalue weighted by Crippen LogP contribution is -2.52. The molecule has 0 bridgehead atoms. The normalized spacial score (nSPS) is 14.8. The van der Waals surface area contributed by atoms with Crippen LogP contribution in [0.2, 0.25) is 0 Å². The summed E-state index contributed by atoms with van der Waals surface area (Å²) in [4.78, 5) is -0.352. The molecule has 1 atom stereocenters. The van der Waals surface area contributed by atoms with Crippen LogP contribution in [0.3, 0.4) is 0 Å². The van der Waals surface area contributed by atoms with Crippen LogP contribution < -0.4 is 9.46 Å². The summed E-state index contributed by atoms with van der Waals surface area (Å²) >= 11 is 0. The zero-order valence-electron chi connectivity index (χ0n) is 15.5. The molecule has 6 nitrogen and oxygen atoms in total. The SMILES string of the molecule is CCS(=O)(=O)CCOc1ccc(S(=O)(=O)N[C@@H](C(C)(C)C)C(F)(F)F)cc1. The van der Waals surface area contributed by atoms with Gasteiger partial charge in [-0.2, -0.15) is 17.9 Å². The highest BCUT2D eigenvalue weighted by molar-refractivity contribution is 7.91. The smallest absolute Gasteiger partial charge is 0.405 e. The number of rotatable bonds is 8. The molecule has 0 saturated heterocycles. The maximum Gasteiger partial charge on any atom is 0.405 e. The molecule has 0 aliphatic rings. The Bertz CT molecular complexity index is 812. The van der Waals surface area contributed by atoms with Crippen LogP contribution in [0.1, 0.15) is 27.7 Å². The molecule has 1 aromatic rings. The minimum atomic E-state index is -4.75. The first-order valence-electron chi connectivity index (χ1n) is 8.11. The standard InChI is InChI=1S/C16H24F3NO5S2/c1-5-26(21,22)11-10-25-12-6-8-13(9-7-12)27(23,24)20-14(15(2,3)4)16(17,18)19/h6-9,14,20H,5,10-11H2,1-4H3/t14-/m0/s1. The number of halogens is 3. The molecule has 11 heteroatoms. The number of hydrogen-bond acceptors (Lipinski definition) is 5. The summed E-state index contributed by atoms with van der Waals surface area (Å²) in [6.45, 7) is 5.26. The molecular formula is C16H24F3NO5S2. The number of ether oxygens (including phenoxy) is 1. The van der Waals surface area contributed by atoms with Crippen molar-refractivity contribution in [3.63, 3.8) is 0 Å². The molecule has 0 spiro atoms. The van der Waals surface area contributed by atoms with E-state index in [1.807, 2.05) is 0 Å². The van der Waals surface area contributed by atoms with Crippen molar-refractivity contribution >= 4 is 19.9 Å². The summed E-state index contributed by atoms with van der Waals surface area (Å²) in [6, 6.07) is 2.45. The first kappa shape index (κ1) is 23.7. The molecule has 0 fully saturated rings. The van der Waals surface area contributed by atoms with Gasteiger partial charge in [-0.25, -0.2) is 16.8 Å². The molecule has 0 aromatic heterocycles. The van der Waals surface area contributed by atoms with Gasteiger partial charge in [0.1, 0.15) is 18.4 Å². The van der Waals surface area contributed by atoms with Gasteiger partial charge >= 0.3 is 6.18 Å². The van der Waals surface area contributed by atoms with Crippen molar-refractivity contribution < 1.29 is 34.7 Å². The van der Waals surface area contributed by atoms with E-state index in [1.54, 1.807) is 4.72 Å². The molecule has 0 aliphatic carbocycles. The number of sulfone groups is 1. The van der Waals surface area contributed by atoms with Crippen LogP contribution in [0, 0.1) is 5.41 Å². The molecule has 156 valence electrons. The number of nitrogens with one attached hydrogen (secondary N) is 1. The van der Waals surface area contributed by atoms with Gasteiger partial charge in [0.05, 0.1) is 10.6 Å². The molecule has 0 unspecified atom stereocenters. The van der Waals surface area contributed by atoms with E-state index in [9.17, 15) is 30.0 Å². The summed E-state index contributed by atoms with van der Waals surface area (Å²) in [5.74, 6) is 0.000523. The van der Waals surface area contributed by atoms with E-state index in [0.29, 0.717) is 0 Å². The number of sulfonamides is 1. The molecule has 0 aliphatic heterocycles. The summed E-state index contributed by atoms with van der Waals surface area (Å²) in [5, 5.41) is 0. The van der Waals surface area contributed by atoms with Crippen LogP contribution >= 0.6 is 0 Å². The molecule has 1 N–H and O–H groups in total. The van der Waals surface area contributed by atoms with Gasteiger partial charge < -0.3 is 4.74 Å². The lowest BCUT2D eigenvalue weighted by atomic mass is 9.87. The fourth-order valence-electron chi connectivity index (χ4n) is 2.10. The van der Waals surface area contributed by atoms with Crippen LogP contribution in [0.25, 0.3) is 0 Å². The van der Waals surface area contributed by atoms with Crippen molar-refractivity contribution in [1.82, 2.24) is 4.72 Å². The lowest BCUT2D eigenvalue weighted by molar-refractivity contribution is -0.172. The monoisotopic (exact) mass is 431 g/mol. The maximum atomic E-state index is 13.2. The predicted octanol–water partition coefficient (Wildman–Crippen LogP) is 2.76. The van der Waals surface area contributed by atoms with Crippen LogP contribution in [-0.4, -0.2) is 47.2 Å². The van der Waals surface area contributed by atoms with Gasteiger partial charge in [-0.1, -0.05) is 27.7 Å². The van der Waals surface area contributed by atoms with Crippen LogP contribution in [-0.2, 0) is 19.9 Å². The Kier molecular flexibility index (Phi) is 7.34. The average Bonchev–Trinajstić information content (AvgIpc) is 2.51. The van der Waals surface area contributed by atoms with Gasteiger partial charge in [0.2, 0.25) is 10.0 Å². The summed E-state index contributed by atoms with van der Waals surface area (Å²) in [6.07, 6.45) is -4.75. The van der Waals surface area contributed by atoms with E-state index in [4.69, 9.17) is 4.74 Å². The third-order valence-corrected chi connectivity index (χ3v) is 6.81. The van der Waals surface area contributed by atoms with E-state index < -0.39 is 37.5 Å². The summed E-state index contributed by atoms with van der Waals surface area (Å²) in [5.41, 5.74) is -1.38. The highest BCUT2D eigenvalue weighted by atomic mass is 32.2. The van der Waals surface area contributed by atoms with Crippen molar-refractivity contribution in [2.45, 2.75) is 44.8 Å². The third-order valence-electron chi connectivity index (χ3n) is 3.70. The second kappa shape index (κ2) is 8.36. The van der Waals surface area contributed by atoms with Crippen molar-refractivity contribution in [3.05, 3.63) is 24.3 Å². The Hall–Kier alpha value is -1.33. The number of hydrogen-bond donors (Lipinski definition) is 1. The molecule has 0 heterocycles. The second-order valence-electron chi connectivity index (χ2n) is 7.02. The van der Waals surface area contributed by atoms with Crippen molar-refractivity contribution in [3.8, 4) is 5.75 Å². The van der Waals surface area contributed by atoms with E-state index >= 15 is 0 Å². The fourth-order valence-corrected chi connectivity index (χ4v) is 4.16. The third kappa shape index (κ3) is 7.30. The summed E-state index contributed by atoms with van der Waals surface area (Å²) in [7, 11) is -7.61. The zero-order valence-corrected chi connectivity index (χ0v) is 17.1. The van der Waals surface area contributed by atoms with Gasteiger partial charge in [0, 0.05) is 5.75 Å². The Morgan fingerprint density at radius 1 is 1.04 bits per heavy atom. The quantitative estimate of drug-likeness (QED) is 0.684. The van der Waals surface area contributed by atoms with Gasteiger partial charge in [-0.15, -0.1) is 0 Å². The second-order valence-corrected chi connectivity index (χ2v) is 11.2. The molecule has 0 radical (unpaired) electrons. The van der Waals surface area contributed by atoms with Crippen LogP contribution in [0.15, 0.2) is 29.2 Å². The molecule has 1 rings (SSSR count). The Labute approximate surface area is 158 Å². The first-order chi connectivity index (χ1) is 12.1. The molecule has 1 aromatic carbocycles. The van der Waals surface area contributed by atoms with E-state index in [1.165, 1.54) is 39.8 Å². The molecule has 0 amide bonds. The Morgan fingerprint density at radius 3 is 1.96 bits per heavy atom. The lowest BCUT2D eigenvalue weighted by Gasteiger charge is -2.32. The Balaban J connectivity index is 2.90. The maximum absolute atomic E-state index is 13.2. The summed E-state index contributed by atoms with van der Waals surface area (Å²) < 4.78 is 93.9. The van der Waals surface area contributed by atoms with Gasteiger partial charge in [-0.05, 0) is 29.7 Å². The van der Waals surface area contributed by atoms with Crippen LogP contribution in [0.4, 0.5) is 13.2 Å². The van der Waals surface area contributed by atoms with E-state index in [2.05, 4.69) is 0 Å². The first-order valence-corrected chi connectivity index (χ1v) is 11.4. The van der Waals surface area contributed by atoms with Crippen molar-refractivity contribution in [2.24, 2.45) is 5.41 Å². The number of benzene rings is 1. The Morgan fingerprint density at radius 2 is 1.56 bits per heavy atom. The van der Waals surface area contributed by atoms with E-state index in [-0.39, 0.29) is 28.8 Å². The minimum absolute atomic E-state index is 0.0205. The van der Waals surface area contributed by atoms with Crippen molar-refractivity contribution in [2.75, 3.05) is 18.1 Å². The molecule has 0 saturated carbocycles. The zero-order chi connectivity index (χ0) is 21.1. The average molecular weight is 431 g/mol. The van der Waals surface area contributed by atoms with Crippen LogP contribution in [0.5, 0.6) is 5.75 Å². The van der Waals surface area contributed by atoms with Crippen molar-refractivity contribution in [1.29, 1.82) is 0 Å².